The average molecular weight is 247 g/mol. The molecule has 1 aliphatic rings. The van der Waals surface area contributed by atoms with Crippen molar-refractivity contribution in [1.82, 2.24) is 4.90 Å². The van der Waals surface area contributed by atoms with Crippen LogP contribution in [0.3, 0.4) is 0 Å². The standard InChI is InChI=1S/C15H21NO2/c1-15(14(18)16(2)10-11-17)9-5-7-12-6-3-4-8-13(12)15/h3-4,6,8,17H,5,7,9-11H2,1-2H3. The van der Waals surface area contributed by atoms with Crippen molar-refractivity contribution >= 4 is 5.91 Å². The summed E-state index contributed by atoms with van der Waals surface area (Å²) in [6, 6.07) is 8.22. The molecule has 1 aromatic carbocycles. The van der Waals surface area contributed by atoms with Crippen molar-refractivity contribution in [2.24, 2.45) is 0 Å². The van der Waals surface area contributed by atoms with Gasteiger partial charge in [0.2, 0.25) is 5.91 Å². The molecule has 0 radical (unpaired) electrons. The number of fused-ring (bicyclic) bond motifs is 1. The lowest BCUT2D eigenvalue weighted by molar-refractivity contribution is -0.136. The fraction of sp³-hybridized carbons (Fsp3) is 0.533. The predicted octanol–water partition coefficient (Wildman–Crippen LogP) is 1.73. The third kappa shape index (κ3) is 2.15. The van der Waals surface area contributed by atoms with Crippen LogP contribution >= 0.6 is 0 Å². The fourth-order valence-electron chi connectivity index (χ4n) is 2.94. The van der Waals surface area contributed by atoms with Crippen LogP contribution in [0.4, 0.5) is 0 Å². The van der Waals surface area contributed by atoms with E-state index in [4.69, 9.17) is 5.11 Å². The minimum absolute atomic E-state index is 0.0139. The van der Waals surface area contributed by atoms with E-state index in [1.807, 2.05) is 19.1 Å². The summed E-state index contributed by atoms with van der Waals surface area (Å²) in [7, 11) is 1.76. The Morgan fingerprint density at radius 1 is 1.44 bits per heavy atom. The summed E-state index contributed by atoms with van der Waals surface area (Å²) in [5.74, 6) is 0.115. The molecule has 0 fully saturated rings. The lowest BCUT2D eigenvalue weighted by Gasteiger charge is -2.37. The van der Waals surface area contributed by atoms with Crippen LogP contribution in [-0.4, -0.2) is 36.1 Å². The van der Waals surface area contributed by atoms with Crippen molar-refractivity contribution in [2.45, 2.75) is 31.6 Å². The van der Waals surface area contributed by atoms with Gasteiger partial charge in [0.1, 0.15) is 0 Å². The second-order valence-electron chi connectivity index (χ2n) is 5.29. The Hall–Kier alpha value is -1.35. The lowest BCUT2D eigenvalue weighted by atomic mass is 9.70. The molecule has 3 heteroatoms. The Balaban J connectivity index is 2.35. The molecular weight excluding hydrogens is 226 g/mol. The Labute approximate surface area is 108 Å². The first-order valence-electron chi connectivity index (χ1n) is 6.54. The molecule has 1 unspecified atom stereocenters. The molecule has 1 N–H and O–H groups in total. The highest BCUT2D eigenvalue weighted by molar-refractivity contribution is 5.88. The highest BCUT2D eigenvalue weighted by Crippen LogP contribution is 2.38. The largest absolute Gasteiger partial charge is 0.395 e. The molecule has 2 rings (SSSR count). The van der Waals surface area contributed by atoms with Gasteiger partial charge in [-0.1, -0.05) is 24.3 Å². The second kappa shape index (κ2) is 5.11. The number of hydrogen-bond acceptors (Lipinski definition) is 2. The predicted molar refractivity (Wildman–Crippen MR) is 71.5 cm³/mol. The maximum absolute atomic E-state index is 12.6. The summed E-state index contributed by atoms with van der Waals surface area (Å²) in [5, 5.41) is 8.97. The summed E-state index contributed by atoms with van der Waals surface area (Å²) < 4.78 is 0. The van der Waals surface area contributed by atoms with Gasteiger partial charge in [-0.2, -0.15) is 0 Å². The maximum Gasteiger partial charge on any atom is 0.232 e. The smallest absolute Gasteiger partial charge is 0.232 e. The van der Waals surface area contributed by atoms with E-state index in [2.05, 4.69) is 12.1 Å². The molecule has 1 aliphatic carbocycles. The molecule has 1 atom stereocenters. The first-order valence-corrected chi connectivity index (χ1v) is 6.54. The number of hydrogen-bond donors (Lipinski definition) is 1. The van der Waals surface area contributed by atoms with Gasteiger partial charge in [0, 0.05) is 13.6 Å². The molecule has 0 saturated carbocycles. The number of rotatable bonds is 3. The van der Waals surface area contributed by atoms with E-state index in [0.717, 1.165) is 24.8 Å². The van der Waals surface area contributed by atoms with Crippen LogP contribution in [0.1, 0.15) is 30.9 Å². The molecule has 18 heavy (non-hydrogen) atoms. The van der Waals surface area contributed by atoms with Crippen molar-refractivity contribution in [2.75, 3.05) is 20.2 Å². The SMILES string of the molecule is CN(CCO)C(=O)C1(C)CCCc2ccccc21. The van der Waals surface area contributed by atoms with Crippen LogP contribution in [0.25, 0.3) is 0 Å². The second-order valence-corrected chi connectivity index (χ2v) is 5.29. The number of aryl methyl sites for hydroxylation is 1. The number of aliphatic hydroxyl groups is 1. The Morgan fingerprint density at radius 2 is 2.17 bits per heavy atom. The summed E-state index contributed by atoms with van der Waals surface area (Å²) in [5.41, 5.74) is 2.02. The molecule has 1 aromatic rings. The van der Waals surface area contributed by atoms with Crippen LogP contribution in [0.5, 0.6) is 0 Å². The van der Waals surface area contributed by atoms with E-state index in [1.54, 1.807) is 11.9 Å². The van der Waals surface area contributed by atoms with Crippen molar-refractivity contribution in [3.63, 3.8) is 0 Å². The first-order chi connectivity index (χ1) is 8.59. The number of benzene rings is 1. The average Bonchev–Trinajstić information content (AvgIpc) is 2.39. The molecule has 0 aliphatic heterocycles. The fourth-order valence-corrected chi connectivity index (χ4v) is 2.94. The van der Waals surface area contributed by atoms with Crippen molar-refractivity contribution < 1.29 is 9.90 Å². The number of amides is 1. The molecule has 3 nitrogen and oxygen atoms in total. The monoisotopic (exact) mass is 247 g/mol. The van der Waals surface area contributed by atoms with Crippen molar-refractivity contribution in [1.29, 1.82) is 0 Å². The number of aliphatic hydroxyl groups excluding tert-OH is 1. The van der Waals surface area contributed by atoms with Crippen molar-refractivity contribution in [3.05, 3.63) is 35.4 Å². The van der Waals surface area contributed by atoms with Crippen LogP contribution in [0.2, 0.25) is 0 Å². The molecule has 98 valence electrons. The topological polar surface area (TPSA) is 40.5 Å². The van der Waals surface area contributed by atoms with E-state index in [1.165, 1.54) is 5.56 Å². The van der Waals surface area contributed by atoms with Gasteiger partial charge in [0.15, 0.2) is 0 Å². The molecule has 0 saturated heterocycles. The summed E-state index contributed by atoms with van der Waals surface area (Å²) in [6.45, 7) is 2.44. The Bertz CT molecular complexity index is 444. The van der Waals surface area contributed by atoms with E-state index in [9.17, 15) is 4.79 Å². The van der Waals surface area contributed by atoms with Gasteiger partial charge in [-0.25, -0.2) is 0 Å². The van der Waals surface area contributed by atoms with E-state index < -0.39 is 5.41 Å². The number of carbonyl (C=O) groups excluding carboxylic acids is 1. The van der Waals surface area contributed by atoms with Gasteiger partial charge >= 0.3 is 0 Å². The Morgan fingerprint density at radius 3 is 2.89 bits per heavy atom. The van der Waals surface area contributed by atoms with Crippen molar-refractivity contribution in [3.8, 4) is 0 Å². The number of nitrogens with zero attached hydrogens (tertiary/aromatic N) is 1. The molecule has 1 amide bonds. The van der Waals surface area contributed by atoms with Gasteiger partial charge in [-0.05, 0) is 37.3 Å². The van der Waals surface area contributed by atoms with Crippen LogP contribution in [-0.2, 0) is 16.6 Å². The van der Waals surface area contributed by atoms with Gasteiger partial charge < -0.3 is 10.0 Å². The summed E-state index contributed by atoms with van der Waals surface area (Å²) >= 11 is 0. The van der Waals surface area contributed by atoms with Gasteiger partial charge in [0.05, 0.1) is 12.0 Å². The molecule has 0 heterocycles. The normalized spacial score (nSPS) is 22.4. The van der Waals surface area contributed by atoms with E-state index in [-0.39, 0.29) is 12.5 Å². The summed E-state index contributed by atoms with van der Waals surface area (Å²) in [4.78, 5) is 14.2. The zero-order valence-electron chi connectivity index (χ0n) is 11.1. The highest BCUT2D eigenvalue weighted by Gasteiger charge is 2.40. The van der Waals surface area contributed by atoms with Crippen LogP contribution in [0, 0.1) is 0 Å². The quantitative estimate of drug-likeness (QED) is 0.883. The molecule has 0 bridgehead atoms. The number of carbonyl (C=O) groups is 1. The van der Waals surface area contributed by atoms with Gasteiger partial charge in [-0.15, -0.1) is 0 Å². The highest BCUT2D eigenvalue weighted by atomic mass is 16.3. The number of likely N-dealkylation sites (N-methyl/N-ethyl adjacent to an activating group) is 1. The van der Waals surface area contributed by atoms with Crippen LogP contribution in [0.15, 0.2) is 24.3 Å². The third-order valence-electron chi connectivity index (χ3n) is 3.99. The van der Waals surface area contributed by atoms with Crippen LogP contribution < -0.4 is 0 Å². The first kappa shape index (κ1) is 13.1. The minimum Gasteiger partial charge on any atom is -0.395 e. The molecular formula is C15H21NO2. The maximum atomic E-state index is 12.6. The van der Waals surface area contributed by atoms with Gasteiger partial charge in [0.25, 0.3) is 0 Å². The minimum atomic E-state index is -0.432. The van der Waals surface area contributed by atoms with E-state index >= 15 is 0 Å². The Kier molecular flexibility index (Phi) is 3.71. The zero-order chi connectivity index (χ0) is 13.2. The van der Waals surface area contributed by atoms with Gasteiger partial charge in [-0.3, -0.25) is 4.79 Å². The third-order valence-corrected chi connectivity index (χ3v) is 3.99. The summed E-state index contributed by atoms with van der Waals surface area (Å²) in [6.07, 6.45) is 2.99. The molecule has 0 aromatic heterocycles. The zero-order valence-corrected chi connectivity index (χ0v) is 11.1. The molecule has 0 spiro atoms. The lowest BCUT2D eigenvalue weighted by Crippen LogP contribution is -2.46. The van der Waals surface area contributed by atoms with E-state index in [0.29, 0.717) is 6.54 Å².